The first-order chi connectivity index (χ1) is 14.1. The zero-order chi connectivity index (χ0) is 20.2. The summed E-state index contributed by atoms with van der Waals surface area (Å²) in [6.07, 6.45) is 0.800. The Balaban J connectivity index is 1.32. The van der Waals surface area contributed by atoms with Crippen molar-refractivity contribution in [3.05, 3.63) is 82.0 Å². The molecule has 1 N–H and O–H groups in total. The molecule has 3 aromatic rings. The Hall–Kier alpha value is -3.45. The summed E-state index contributed by atoms with van der Waals surface area (Å²) in [5.74, 6) is -1.03. The van der Waals surface area contributed by atoms with Gasteiger partial charge in [0.05, 0.1) is 10.4 Å². The van der Waals surface area contributed by atoms with E-state index in [4.69, 9.17) is 4.74 Å². The molecule has 0 aliphatic carbocycles. The molecule has 2 amide bonds. The minimum Gasteiger partial charge on any atom is -0.452 e. The maximum absolute atomic E-state index is 12.4. The topological polar surface area (TPSA) is 75.7 Å². The monoisotopic (exact) mass is 406 g/mol. The second-order valence-corrected chi connectivity index (χ2v) is 7.46. The summed E-state index contributed by atoms with van der Waals surface area (Å²) in [5, 5.41) is 4.60. The van der Waals surface area contributed by atoms with E-state index in [-0.39, 0.29) is 18.4 Å². The molecule has 146 valence electrons. The van der Waals surface area contributed by atoms with Gasteiger partial charge in [0, 0.05) is 17.9 Å². The standard InChI is InChI=1S/C22H18N2O4S/c25-20(24-12-11-15-4-1-2-5-18(15)24)14-28-22(27)16-7-9-17(10-8-16)23-21(26)19-6-3-13-29-19/h1-10,13H,11-12,14H2,(H,23,26). The van der Waals surface area contributed by atoms with Gasteiger partial charge in [0.25, 0.3) is 11.8 Å². The van der Waals surface area contributed by atoms with Gasteiger partial charge in [-0.1, -0.05) is 24.3 Å². The van der Waals surface area contributed by atoms with Crippen molar-refractivity contribution in [1.82, 2.24) is 0 Å². The lowest BCUT2D eigenvalue weighted by molar-refractivity contribution is -0.121. The van der Waals surface area contributed by atoms with Crippen LogP contribution in [0.5, 0.6) is 0 Å². The van der Waals surface area contributed by atoms with Crippen molar-refractivity contribution in [2.24, 2.45) is 0 Å². The number of hydrogen-bond donors (Lipinski definition) is 1. The van der Waals surface area contributed by atoms with Gasteiger partial charge in [0.2, 0.25) is 0 Å². The smallest absolute Gasteiger partial charge is 0.338 e. The lowest BCUT2D eigenvalue weighted by Crippen LogP contribution is -2.33. The van der Waals surface area contributed by atoms with Crippen molar-refractivity contribution < 1.29 is 19.1 Å². The number of hydrogen-bond acceptors (Lipinski definition) is 5. The van der Waals surface area contributed by atoms with E-state index < -0.39 is 5.97 Å². The van der Waals surface area contributed by atoms with E-state index in [9.17, 15) is 14.4 Å². The van der Waals surface area contributed by atoms with Crippen LogP contribution < -0.4 is 10.2 Å². The number of amides is 2. The predicted molar refractivity (Wildman–Crippen MR) is 111 cm³/mol. The van der Waals surface area contributed by atoms with Crippen molar-refractivity contribution in [1.29, 1.82) is 0 Å². The van der Waals surface area contributed by atoms with Crippen molar-refractivity contribution in [3.63, 3.8) is 0 Å². The number of anilines is 2. The van der Waals surface area contributed by atoms with Crippen LogP contribution in [0.4, 0.5) is 11.4 Å². The molecule has 2 heterocycles. The number of rotatable bonds is 5. The van der Waals surface area contributed by atoms with Crippen LogP contribution in [0.2, 0.25) is 0 Å². The molecule has 6 nitrogen and oxygen atoms in total. The molecule has 2 aromatic carbocycles. The van der Waals surface area contributed by atoms with Crippen molar-refractivity contribution in [3.8, 4) is 0 Å². The van der Waals surface area contributed by atoms with Gasteiger partial charge in [-0.25, -0.2) is 4.79 Å². The number of thiophene rings is 1. The molecule has 7 heteroatoms. The summed E-state index contributed by atoms with van der Waals surface area (Å²) >= 11 is 1.35. The largest absolute Gasteiger partial charge is 0.452 e. The molecule has 0 saturated heterocycles. The van der Waals surface area contributed by atoms with Crippen LogP contribution in [-0.4, -0.2) is 30.9 Å². The Morgan fingerprint density at radius 3 is 2.55 bits per heavy atom. The van der Waals surface area contributed by atoms with Gasteiger partial charge in [0.1, 0.15) is 0 Å². The molecular formula is C22H18N2O4S. The minimum atomic E-state index is -0.582. The van der Waals surface area contributed by atoms with Gasteiger partial charge >= 0.3 is 5.97 Å². The second kappa shape index (κ2) is 8.28. The van der Waals surface area contributed by atoms with Gasteiger partial charge in [-0.05, 0) is 53.8 Å². The number of nitrogens with zero attached hydrogens (tertiary/aromatic N) is 1. The van der Waals surface area contributed by atoms with Gasteiger partial charge < -0.3 is 15.0 Å². The van der Waals surface area contributed by atoms with Gasteiger partial charge in [-0.15, -0.1) is 11.3 Å². The Morgan fingerprint density at radius 2 is 1.79 bits per heavy atom. The van der Waals surface area contributed by atoms with Crippen LogP contribution in [0.15, 0.2) is 66.0 Å². The third-order valence-electron chi connectivity index (χ3n) is 4.64. The third-order valence-corrected chi connectivity index (χ3v) is 5.51. The first-order valence-electron chi connectivity index (χ1n) is 9.12. The highest BCUT2D eigenvalue weighted by Gasteiger charge is 2.25. The number of nitrogens with one attached hydrogen (secondary N) is 1. The summed E-state index contributed by atoms with van der Waals surface area (Å²) in [7, 11) is 0. The fraction of sp³-hybridized carbons (Fsp3) is 0.136. The Labute approximate surface area is 171 Å². The summed E-state index contributed by atoms with van der Waals surface area (Å²) in [4.78, 5) is 39.0. The molecule has 1 aliphatic heterocycles. The van der Waals surface area contributed by atoms with E-state index in [2.05, 4.69) is 5.32 Å². The molecule has 0 fully saturated rings. The molecule has 0 saturated carbocycles. The normalized spacial score (nSPS) is 12.3. The molecule has 4 rings (SSSR count). The van der Waals surface area contributed by atoms with Gasteiger partial charge in [-0.2, -0.15) is 0 Å². The zero-order valence-electron chi connectivity index (χ0n) is 15.5. The zero-order valence-corrected chi connectivity index (χ0v) is 16.3. The first kappa shape index (κ1) is 18.9. The molecule has 0 bridgehead atoms. The lowest BCUT2D eigenvalue weighted by atomic mass is 10.2. The molecule has 1 aromatic heterocycles. The maximum Gasteiger partial charge on any atom is 0.338 e. The Morgan fingerprint density at radius 1 is 1.00 bits per heavy atom. The fourth-order valence-corrected chi connectivity index (χ4v) is 3.79. The second-order valence-electron chi connectivity index (χ2n) is 6.51. The first-order valence-corrected chi connectivity index (χ1v) is 10.00. The highest BCUT2D eigenvalue weighted by Crippen LogP contribution is 2.27. The Bertz CT molecular complexity index is 1040. The number of ether oxygens (including phenoxy) is 1. The van der Waals surface area contributed by atoms with E-state index in [1.165, 1.54) is 11.3 Å². The molecule has 0 atom stereocenters. The highest BCUT2D eigenvalue weighted by atomic mass is 32.1. The summed E-state index contributed by atoms with van der Waals surface area (Å²) in [5.41, 5.74) is 2.88. The minimum absolute atomic E-state index is 0.202. The quantitative estimate of drug-likeness (QED) is 0.655. The van der Waals surface area contributed by atoms with E-state index in [0.717, 1.165) is 17.7 Å². The highest BCUT2D eigenvalue weighted by molar-refractivity contribution is 7.12. The summed E-state index contributed by atoms with van der Waals surface area (Å²) in [6, 6.07) is 17.6. The van der Waals surface area contributed by atoms with Crippen LogP contribution in [0.25, 0.3) is 0 Å². The van der Waals surface area contributed by atoms with Gasteiger partial charge in [-0.3, -0.25) is 9.59 Å². The Kier molecular flexibility index (Phi) is 5.39. The number of benzene rings is 2. The van der Waals surface area contributed by atoms with E-state index in [0.29, 0.717) is 22.7 Å². The average molecular weight is 406 g/mol. The third kappa shape index (κ3) is 4.20. The molecule has 1 aliphatic rings. The van der Waals surface area contributed by atoms with Crippen LogP contribution in [-0.2, 0) is 16.0 Å². The van der Waals surface area contributed by atoms with E-state index in [1.54, 1.807) is 41.3 Å². The SMILES string of the molecule is O=C(OCC(=O)N1CCc2ccccc21)c1ccc(NC(=O)c2cccs2)cc1. The lowest BCUT2D eigenvalue weighted by Gasteiger charge is -2.17. The van der Waals surface area contributed by atoms with Crippen LogP contribution in [0, 0.1) is 0 Å². The number of carbonyl (C=O) groups is 3. The van der Waals surface area contributed by atoms with Crippen molar-refractivity contribution >= 4 is 40.5 Å². The number of carbonyl (C=O) groups excluding carboxylic acids is 3. The molecule has 29 heavy (non-hydrogen) atoms. The molecule has 0 spiro atoms. The molecular weight excluding hydrogens is 388 g/mol. The average Bonchev–Trinajstić information content (AvgIpc) is 3.42. The fourth-order valence-electron chi connectivity index (χ4n) is 3.18. The van der Waals surface area contributed by atoms with E-state index in [1.807, 2.05) is 29.6 Å². The summed E-state index contributed by atoms with van der Waals surface area (Å²) < 4.78 is 5.18. The molecule has 0 unspecified atom stereocenters. The summed E-state index contributed by atoms with van der Waals surface area (Å²) in [6.45, 7) is 0.276. The number of esters is 1. The van der Waals surface area contributed by atoms with Crippen LogP contribution in [0.1, 0.15) is 25.6 Å². The number of fused-ring (bicyclic) bond motifs is 1. The maximum atomic E-state index is 12.4. The predicted octanol–water partition coefficient (Wildman–Crippen LogP) is 3.75. The van der Waals surface area contributed by atoms with Crippen LogP contribution >= 0.6 is 11.3 Å². The van der Waals surface area contributed by atoms with Gasteiger partial charge in [0.15, 0.2) is 6.61 Å². The van der Waals surface area contributed by atoms with E-state index >= 15 is 0 Å². The number of para-hydroxylation sites is 1. The van der Waals surface area contributed by atoms with Crippen LogP contribution in [0.3, 0.4) is 0 Å². The van der Waals surface area contributed by atoms with Crippen molar-refractivity contribution in [2.45, 2.75) is 6.42 Å². The molecule has 0 radical (unpaired) electrons. The van der Waals surface area contributed by atoms with Crippen molar-refractivity contribution in [2.75, 3.05) is 23.4 Å².